The van der Waals surface area contributed by atoms with Gasteiger partial charge in [0.2, 0.25) is 0 Å². The number of unbranched alkanes of at least 4 members (excludes halogenated alkanes) is 2. The fourth-order valence-electron chi connectivity index (χ4n) is 4.08. The Balaban J connectivity index is 1.46. The molecule has 0 radical (unpaired) electrons. The Kier molecular flexibility index (Phi) is 6.86. The molecule has 0 aromatic heterocycles. The topological polar surface area (TPSA) is 9.23 Å². The van der Waals surface area contributed by atoms with Crippen molar-refractivity contribution < 1.29 is 9.13 Å². The lowest BCUT2D eigenvalue weighted by Gasteiger charge is -2.19. The lowest BCUT2D eigenvalue weighted by atomic mass is 9.99. The molecule has 1 aliphatic rings. The maximum absolute atomic E-state index is 14.9. The first-order valence-electron chi connectivity index (χ1n) is 11.5. The molecule has 3 aromatic carbocycles. The molecule has 1 saturated carbocycles. The summed E-state index contributed by atoms with van der Waals surface area (Å²) in [5, 5.41) is 0. The summed E-state index contributed by atoms with van der Waals surface area (Å²) in [4.78, 5) is 0. The lowest BCUT2D eigenvalue weighted by Crippen LogP contribution is -2.18. The van der Waals surface area contributed by atoms with Crippen molar-refractivity contribution in [1.29, 1.82) is 0 Å². The molecule has 0 amide bonds. The number of benzene rings is 3. The number of hydrogen-bond acceptors (Lipinski definition) is 1. The van der Waals surface area contributed by atoms with Crippen molar-refractivity contribution in [3.05, 3.63) is 84.7 Å². The van der Waals surface area contributed by atoms with Crippen LogP contribution in [-0.2, 0) is 0 Å². The van der Waals surface area contributed by atoms with E-state index in [1.54, 1.807) is 12.1 Å². The summed E-state index contributed by atoms with van der Waals surface area (Å²) < 4.78 is 21.2. The van der Waals surface area contributed by atoms with Crippen LogP contribution in [0.1, 0.15) is 51.0 Å². The molecule has 31 heavy (non-hydrogen) atoms. The Labute approximate surface area is 185 Å². The number of ether oxygens (including phenoxy) is 1. The first-order chi connectivity index (χ1) is 15.2. The first kappa shape index (κ1) is 21.4. The quantitative estimate of drug-likeness (QED) is 0.302. The molecule has 1 fully saturated rings. The van der Waals surface area contributed by atoms with Crippen molar-refractivity contribution in [1.82, 2.24) is 0 Å². The Bertz CT molecular complexity index is 1000. The SMILES string of the molecule is C=Cc1ccc(-c2ccc(-c3ccc(OC(CCCCC)C4CC4)cc3)c(F)c2)cc1. The van der Waals surface area contributed by atoms with Crippen LogP contribution in [0.25, 0.3) is 28.3 Å². The zero-order valence-electron chi connectivity index (χ0n) is 18.3. The average Bonchev–Trinajstić information content (AvgIpc) is 3.65. The van der Waals surface area contributed by atoms with Crippen molar-refractivity contribution in [2.75, 3.05) is 0 Å². The van der Waals surface area contributed by atoms with Crippen molar-refractivity contribution in [2.24, 2.45) is 5.92 Å². The van der Waals surface area contributed by atoms with E-state index in [0.29, 0.717) is 17.6 Å². The molecule has 0 spiro atoms. The van der Waals surface area contributed by atoms with Gasteiger partial charge in [0.05, 0.1) is 0 Å². The summed E-state index contributed by atoms with van der Waals surface area (Å²) in [6.45, 7) is 6.01. The van der Waals surface area contributed by atoms with E-state index in [2.05, 4.69) is 13.5 Å². The molecular weight excluding hydrogens is 383 g/mol. The Morgan fingerprint density at radius 3 is 2.23 bits per heavy atom. The molecule has 0 N–H and O–H groups in total. The molecule has 0 saturated heterocycles. The van der Waals surface area contributed by atoms with Gasteiger partial charge in [-0.05, 0) is 72.1 Å². The largest absolute Gasteiger partial charge is 0.490 e. The van der Waals surface area contributed by atoms with Crippen molar-refractivity contribution in [2.45, 2.75) is 51.6 Å². The molecule has 0 heterocycles. The predicted octanol–water partition coefficient (Wildman–Crippen LogP) is 8.54. The summed E-state index contributed by atoms with van der Waals surface area (Å²) >= 11 is 0. The third-order valence-corrected chi connectivity index (χ3v) is 6.14. The minimum atomic E-state index is -0.214. The van der Waals surface area contributed by atoms with Gasteiger partial charge < -0.3 is 4.74 Å². The van der Waals surface area contributed by atoms with Crippen LogP contribution in [-0.4, -0.2) is 6.10 Å². The number of halogens is 1. The average molecular weight is 415 g/mol. The number of rotatable bonds is 10. The Morgan fingerprint density at radius 2 is 1.61 bits per heavy atom. The van der Waals surface area contributed by atoms with Crippen LogP contribution in [0.4, 0.5) is 4.39 Å². The second-order valence-electron chi connectivity index (χ2n) is 8.53. The highest BCUT2D eigenvalue weighted by atomic mass is 19.1. The summed E-state index contributed by atoms with van der Waals surface area (Å²) in [6, 6.07) is 21.3. The van der Waals surface area contributed by atoms with Crippen LogP contribution in [0.5, 0.6) is 5.75 Å². The summed E-state index contributed by atoms with van der Waals surface area (Å²) in [7, 11) is 0. The van der Waals surface area contributed by atoms with Crippen LogP contribution >= 0.6 is 0 Å². The summed E-state index contributed by atoms with van der Waals surface area (Å²) in [5.74, 6) is 1.38. The molecule has 0 bridgehead atoms. The molecule has 2 heteroatoms. The zero-order chi connectivity index (χ0) is 21.6. The van der Waals surface area contributed by atoms with Gasteiger partial charge in [-0.3, -0.25) is 0 Å². The Hall–Kier alpha value is -2.87. The summed E-state index contributed by atoms with van der Waals surface area (Å²) in [5.41, 5.74) is 4.40. The molecule has 0 aliphatic heterocycles. The maximum Gasteiger partial charge on any atom is 0.131 e. The predicted molar refractivity (Wildman–Crippen MR) is 129 cm³/mol. The molecule has 4 rings (SSSR count). The maximum atomic E-state index is 14.9. The third kappa shape index (κ3) is 5.44. The van der Waals surface area contributed by atoms with Gasteiger partial charge in [-0.25, -0.2) is 4.39 Å². The van der Waals surface area contributed by atoms with Gasteiger partial charge in [0.1, 0.15) is 17.7 Å². The van der Waals surface area contributed by atoms with E-state index >= 15 is 0 Å². The molecule has 1 aliphatic carbocycles. The fourth-order valence-corrected chi connectivity index (χ4v) is 4.08. The third-order valence-electron chi connectivity index (χ3n) is 6.14. The van der Waals surface area contributed by atoms with E-state index < -0.39 is 0 Å². The van der Waals surface area contributed by atoms with Crippen LogP contribution < -0.4 is 4.74 Å². The minimum Gasteiger partial charge on any atom is -0.490 e. The van der Waals surface area contributed by atoms with Crippen molar-refractivity contribution in [3.8, 4) is 28.0 Å². The van der Waals surface area contributed by atoms with Crippen LogP contribution in [0, 0.1) is 11.7 Å². The molecule has 160 valence electrons. The summed E-state index contributed by atoms with van der Waals surface area (Å²) in [6.07, 6.45) is 9.54. The molecule has 3 aromatic rings. The van der Waals surface area contributed by atoms with Gasteiger partial charge in [-0.1, -0.05) is 81.0 Å². The van der Waals surface area contributed by atoms with Gasteiger partial charge in [0, 0.05) is 5.56 Å². The highest BCUT2D eigenvalue weighted by molar-refractivity contribution is 5.72. The first-order valence-corrected chi connectivity index (χ1v) is 11.5. The van der Waals surface area contributed by atoms with E-state index in [0.717, 1.165) is 34.4 Å². The standard InChI is InChI=1S/C29H31FO/c1-3-5-6-7-29(24-12-13-24)31-26-17-14-23(15-18-26)27-19-16-25(20-28(27)30)22-10-8-21(4-2)9-11-22/h4,8-11,14-20,24,29H,2-3,5-7,12-13H2,1H3. The molecular formula is C29H31FO. The van der Waals surface area contributed by atoms with Crippen molar-refractivity contribution in [3.63, 3.8) is 0 Å². The van der Waals surface area contributed by atoms with E-state index in [9.17, 15) is 4.39 Å². The van der Waals surface area contributed by atoms with E-state index in [4.69, 9.17) is 4.74 Å². The van der Waals surface area contributed by atoms with Crippen LogP contribution in [0.2, 0.25) is 0 Å². The van der Waals surface area contributed by atoms with Crippen LogP contribution in [0.15, 0.2) is 73.3 Å². The molecule has 1 unspecified atom stereocenters. The van der Waals surface area contributed by atoms with Gasteiger partial charge in [0.15, 0.2) is 0 Å². The van der Waals surface area contributed by atoms with E-state index in [1.807, 2.05) is 60.7 Å². The minimum absolute atomic E-state index is 0.214. The second-order valence-corrected chi connectivity index (χ2v) is 8.53. The highest BCUT2D eigenvalue weighted by Gasteiger charge is 2.32. The second kappa shape index (κ2) is 9.96. The lowest BCUT2D eigenvalue weighted by molar-refractivity contribution is 0.164. The van der Waals surface area contributed by atoms with Gasteiger partial charge in [-0.15, -0.1) is 0 Å². The van der Waals surface area contributed by atoms with E-state index in [-0.39, 0.29) is 5.82 Å². The number of hydrogen-bond donors (Lipinski definition) is 0. The highest BCUT2D eigenvalue weighted by Crippen LogP contribution is 2.37. The van der Waals surface area contributed by atoms with Gasteiger partial charge in [0.25, 0.3) is 0 Å². The van der Waals surface area contributed by atoms with Crippen molar-refractivity contribution >= 4 is 6.08 Å². The zero-order valence-corrected chi connectivity index (χ0v) is 18.3. The Morgan fingerprint density at radius 1 is 0.935 bits per heavy atom. The normalized spacial score (nSPS) is 14.3. The molecule has 1 atom stereocenters. The van der Waals surface area contributed by atoms with E-state index in [1.165, 1.54) is 32.1 Å². The van der Waals surface area contributed by atoms with Gasteiger partial charge in [-0.2, -0.15) is 0 Å². The van der Waals surface area contributed by atoms with Gasteiger partial charge >= 0.3 is 0 Å². The smallest absolute Gasteiger partial charge is 0.131 e. The fraction of sp³-hybridized carbons (Fsp3) is 0.310. The van der Waals surface area contributed by atoms with Crippen LogP contribution in [0.3, 0.4) is 0 Å². The monoisotopic (exact) mass is 414 g/mol. The molecule has 1 nitrogen and oxygen atoms in total.